The minimum atomic E-state index is -1.02. The fraction of sp³-hybridized carbons (Fsp3) is 0.391. The number of fused-ring (bicyclic) bond motifs is 2. The third-order valence-corrected chi connectivity index (χ3v) is 7.60. The lowest BCUT2D eigenvalue weighted by atomic mass is 10.0. The summed E-state index contributed by atoms with van der Waals surface area (Å²) < 4.78 is 0. The zero-order valence-corrected chi connectivity index (χ0v) is 17.4. The summed E-state index contributed by atoms with van der Waals surface area (Å²) in [7, 11) is 0. The highest BCUT2D eigenvalue weighted by molar-refractivity contribution is 8.03. The van der Waals surface area contributed by atoms with E-state index in [1.165, 1.54) is 31.0 Å². The van der Waals surface area contributed by atoms with Crippen LogP contribution in [0.15, 0.2) is 54.6 Å². The number of carbonyl (C=O) groups is 2. The Labute approximate surface area is 175 Å². The minimum absolute atomic E-state index is 0.00386. The van der Waals surface area contributed by atoms with Gasteiger partial charge in [-0.25, -0.2) is 0 Å². The maximum atomic E-state index is 14.0. The van der Waals surface area contributed by atoms with Crippen LogP contribution in [0.3, 0.4) is 0 Å². The molecule has 2 saturated heterocycles. The third kappa shape index (κ3) is 2.81. The smallest absolute Gasteiger partial charge is 0.269 e. The molecule has 0 aromatic heterocycles. The van der Waals surface area contributed by atoms with Gasteiger partial charge in [0.05, 0.1) is 17.6 Å². The van der Waals surface area contributed by atoms with Crippen molar-refractivity contribution in [3.63, 3.8) is 0 Å². The highest BCUT2D eigenvalue weighted by Gasteiger charge is 2.63. The van der Waals surface area contributed by atoms with Crippen molar-refractivity contribution >= 4 is 35.0 Å². The normalized spacial score (nSPS) is 27.1. The van der Waals surface area contributed by atoms with Gasteiger partial charge in [0.2, 0.25) is 10.8 Å². The monoisotopic (exact) mass is 407 g/mol. The van der Waals surface area contributed by atoms with Crippen molar-refractivity contribution in [1.29, 1.82) is 0 Å². The number of thioether (sulfide) groups is 1. The second kappa shape index (κ2) is 7.18. The number of carbonyl (C=O) groups excluding carboxylic acids is 2. The summed E-state index contributed by atoms with van der Waals surface area (Å²) in [5.74, 6) is -0.0139. The topological polar surface area (TPSA) is 43.9 Å². The number of likely N-dealkylation sites (tertiary alicyclic amines) is 1. The minimum Gasteiger partial charge on any atom is -0.295 e. The van der Waals surface area contributed by atoms with Crippen LogP contribution in [0.25, 0.3) is 0 Å². The molecule has 6 heteroatoms. The number of hydrogen-bond donors (Lipinski definition) is 0. The Morgan fingerprint density at radius 2 is 1.66 bits per heavy atom. The van der Waals surface area contributed by atoms with Crippen molar-refractivity contribution in [3.8, 4) is 0 Å². The third-order valence-electron chi connectivity index (χ3n) is 6.13. The number of hydrogen-bond acceptors (Lipinski definition) is 4. The molecule has 0 aliphatic carbocycles. The summed E-state index contributed by atoms with van der Waals surface area (Å²) >= 11 is 1.47. The first kappa shape index (κ1) is 18.7. The molecule has 2 amide bonds. The van der Waals surface area contributed by atoms with E-state index in [2.05, 4.69) is 4.90 Å². The van der Waals surface area contributed by atoms with Crippen LogP contribution < -0.4 is 9.80 Å². The summed E-state index contributed by atoms with van der Waals surface area (Å²) in [6.07, 6.45) is 3.61. The van der Waals surface area contributed by atoms with Gasteiger partial charge in [0.25, 0.3) is 5.91 Å². The molecule has 29 heavy (non-hydrogen) atoms. The first-order valence-corrected chi connectivity index (χ1v) is 11.2. The van der Waals surface area contributed by atoms with E-state index in [1.54, 1.807) is 4.90 Å². The first-order chi connectivity index (χ1) is 14.1. The molecular weight excluding hydrogens is 382 g/mol. The van der Waals surface area contributed by atoms with Gasteiger partial charge in [-0.2, -0.15) is 0 Å². The summed E-state index contributed by atoms with van der Waals surface area (Å²) in [5, 5.41) is -0.276. The van der Waals surface area contributed by atoms with Crippen molar-refractivity contribution in [3.05, 3.63) is 60.2 Å². The largest absolute Gasteiger partial charge is 0.295 e. The molecule has 3 aliphatic rings. The van der Waals surface area contributed by atoms with Crippen LogP contribution in [0.1, 0.15) is 31.7 Å². The molecule has 0 radical (unpaired) electrons. The van der Waals surface area contributed by atoms with Crippen LogP contribution in [-0.2, 0) is 14.5 Å². The van der Waals surface area contributed by atoms with Gasteiger partial charge in [-0.1, -0.05) is 42.8 Å². The van der Waals surface area contributed by atoms with E-state index < -0.39 is 4.87 Å². The lowest BCUT2D eigenvalue weighted by molar-refractivity contribution is -0.124. The fourth-order valence-corrected chi connectivity index (χ4v) is 6.29. The molecule has 0 N–H and O–H groups in total. The number of nitrogens with zero attached hydrogens (tertiary/aromatic N) is 3. The van der Waals surface area contributed by atoms with Gasteiger partial charge in [-0.05, 0) is 51.1 Å². The van der Waals surface area contributed by atoms with Crippen molar-refractivity contribution < 1.29 is 9.59 Å². The van der Waals surface area contributed by atoms with E-state index in [0.717, 1.165) is 30.0 Å². The number of amides is 2. The maximum absolute atomic E-state index is 14.0. The van der Waals surface area contributed by atoms with Gasteiger partial charge in [-0.3, -0.25) is 24.3 Å². The maximum Gasteiger partial charge on any atom is 0.269 e. The summed E-state index contributed by atoms with van der Waals surface area (Å²) in [6, 6.07) is 17.6. The van der Waals surface area contributed by atoms with Crippen LogP contribution in [0.2, 0.25) is 0 Å². The van der Waals surface area contributed by atoms with Crippen molar-refractivity contribution in [2.24, 2.45) is 0 Å². The Bertz CT molecular complexity index is 944. The van der Waals surface area contributed by atoms with Gasteiger partial charge in [0.1, 0.15) is 0 Å². The first-order valence-electron chi connectivity index (χ1n) is 10.3. The molecule has 150 valence electrons. The Kier molecular flexibility index (Phi) is 4.63. The summed E-state index contributed by atoms with van der Waals surface area (Å²) in [4.78, 5) is 32.2. The van der Waals surface area contributed by atoms with Gasteiger partial charge in [0.15, 0.2) is 0 Å². The van der Waals surface area contributed by atoms with Gasteiger partial charge in [-0.15, -0.1) is 11.8 Å². The molecule has 2 unspecified atom stereocenters. The standard InChI is InChI=1S/C23H25N3O2S/c1-17-21(27)26(18-10-4-2-5-11-18)23(29-17)19-12-6-7-13-20(19)25(22(23)28)16-24-14-8-3-9-15-24/h2,4-7,10-13,17H,3,8-9,14-16H2,1H3. The number of anilines is 2. The van der Waals surface area contributed by atoms with E-state index in [4.69, 9.17) is 0 Å². The number of piperidine rings is 1. The Morgan fingerprint density at radius 3 is 2.41 bits per heavy atom. The van der Waals surface area contributed by atoms with Gasteiger partial charge >= 0.3 is 0 Å². The van der Waals surface area contributed by atoms with Crippen LogP contribution in [0.5, 0.6) is 0 Å². The molecule has 5 rings (SSSR count). The number of benzene rings is 2. The summed E-state index contributed by atoms with van der Waals surface area (Å²) in [6.45, 7) is 4.53. The average molecular weight is 408 g/mol. The van der Waals surface area contributed by atoms with E-state index in [-0.39, 0.29) is 17.1 Å². The number of para-hydroxylation sites is 2. The zero-order chi connectivity index (χ0) is 20.0. The second-order valence-electron chi connectivity index (χ2n) is 7.98. The predicted molar refractivity (Wildman–Crippen MR) is 117 cm³/mol. The Balaban J connectivity index is 1.62. The molecule has 2 aromatic rings. The molecule has 0 bridgehead atoms. The van der Waals surface area contributed by atoms with E-state index in [9.17, 15) is 9.59 Å². The molecule has 5 nitrogen and oxygen atoms in total. The van der Waals surface area contributed by atoms with E-state index in [1.807, 2.05) is 66.4 Å². The Hall–Kier alpha value is -2.31. The van der Waals surface area contributed by atoms with Crippen molar-refractivity contribution in [2.45, 2.75) is 36.3 Å². The molecule has 3 heterocycles. The summed E-state index contributed by atoms with van der Waals surface area (Å²) in [5.41, 5.74) is 2.63. The lowest BCUT2D eigenvalue weighted by Gasteiger charge is -2.35. The molecule has 0 saturated carbocycles. The van der Waals surface area contributed by atoms with Crippen LogP contribution >= 0.6 is 11.8 Å². The predicted octanol–water partition coefficient (Wildman–Crippen LogP) is 3.80. The molecule has 3 aliphatic heterocycles. The van der Waals surface area contributed by atoms with E-state index in [0.29, 0.717) is 6.67 Å². The zero-order valence-electron chi connectivity index (χ0n) is 16.6. The molecular formula is C23H25N3O2S. The lowest BCUT2D eigenvalue weighted by Crippen LogP contribution is -2.52. The highest BCUT2D eigenvalue weighted by atomic mass is 32.2. The highest BCUT2D eigenvalue weighted by Crippen LogP contribution is 2.57. The fourth-order valence-electron chi connectivity index (χ4n) is 4.76. The SMILES string of the molecule is CC1SC2(C(=O)N(CN3CCCCC3)c3ccccc32)N(c2ccccc2)C1=O. The van der Waals surface area contributed by atoms with Gasteiger partial charge in [0, 0.05) is 11.3 Å². The quantitative estimate of drug-likeness (QED) is 0.776. The second-order valence-corrected chi connectivity index (χ2v) is 9.52. The van der Waals surface area contributed by atoms with Crippen LogP contribution in [0.4, 0.5) is 11.4 Å². The van der Waals surface area contributed by atoms with Gasteiger partial charge < -0.3 is 0 Å². The van der Waals surface area contributed by atoms with Crippen LogP contribution in [-0.4, -0.2) is 41.7 Å². The van der Waals surface area contributed by atoms with Crippen molar-refractivity contribution in [1.82, 2.24) is 4.90 Å². The van der Waals surface area contributed by atoms with Crippen molar-refractivity contribution in [2.75, 3.05) is 29.6 Å². The van der Waals surface area contributed by atoms with Crippen LogP contribution in [0, 0.1) is 0 Å². The Morgan fingerprint density at radius 1 is 0.966 bits per heavy atom. The molecule has 2 aromatic carbocycles. The van der Waals surface area contributed by atoms with E-state index >= 15 is 0 Å². The number of rotatable bonds is 3. The molecule has 2 fully saturated rings. The molecule has 1 spiro atoms. The average Bonchev–Trinajstić information content (AvgIpc) is 3.16. The molecule has 2 atom stereocenters.